The van der Waals surface area contributed by atoms with E-state index in [0.29, 0.717) is 23.7 Å². The zero-order valence-corrected chi connectivity index (χ0v) is 27.7. The Morgan fingerprint density at radius 3 is 1.88 bits per heavy atom. The van der Waals surface area contributed by atoms with Crippen LogP contribution in [-0.4, -0.2) is 42.2 Å². The van der Waals surface area contributed by atoms with Crippen LogP contribution in [0, 0.1) is 0 Å². The Balaban J connectivity index is 0.000000163. The van der Waals surface area contributed by atoms with Crippen molar-refractivity contribution in [2.75, 3.05) is 21.7 Å². The standard InChI is InChI=1S/C15H17BrN4O.C8H11NO.C7H7BrClN3/c1-9(21)10-3-2-4-12(7-10)19-15-17-8-13(16)14(20-15)18-11-5-6-11;1-6(10)7-3-2-4-8(9)5-7;8-5-3-10-7(9)12-6(5)11-4-1-2-4/h2-4,7-9,11,21H,5-6H2,1H3,(H2,17,18,19,20);2-6,10H,9H2,1H3;3-4H,1-2H2,(H,10,11,12). The predicted octanol–water partition coefficient (Wildman–Crippen LogP) is 7.40. The van der Waals surface area contributed by atoms with Crippen molar-refractivity contribution in [3.8, 4) is 0 Å². The van der Waals surface area contributed by atoms with Crippen LogP contribution in [0.5, 0.6) is 0 Å². The number of nitrogens with one attached hydrogen (secondary N) is 3. The highest BCUT2D eigenvalue weighted by Gasteiger charge is 2.23. The molecule has 0 aliphatic heterocycles. The molecule has 13 heteroatoms. The van der Waals surface area contributed by atoms with Gasteiger partial charge in [-0.3, -0.25) is 0 Å². The Bertz CT molecular complexity index is 1500. The lowest BCUT2D eigenvalue weighted by atomic mass is 10.1. The number of hydrogen-bond donors (Lipinski definition) is 6. The van der Waals surface area contributed by atoms with Gasteiger partial charge in [0.05, 0.1) is 21.2 Å². The second-order valence-corrected chi connectivity index (χ2v) is 12.4. The number of rotatable bonds is 8. The molecule has 2 aromatic carbocycles. The summed E-state index contributed by atoms with van der Waals surface area (Å²) in [7, 11) is 0. The van der Waals surface area contributed by atoms with Gasteiger partial charge in [-0.1, -0.05) is 24.3 Å². The van der Waals surface area contributed by atoms with Crippen molar-refractivity contribution in [2.45, 2.75) is 63.8 Å². The molecule has 6 rings (SSSR count). The number of hydrogen-bond acceptors (Lipinski definition) is 10. The van der Waals surface area contributed by atoms with E-state index in [0.717, 1.165) is 37.4 Å². The van der Waals surface area contributed by atoms with E-state index in [1.54, 1.807) is 38.4 Å². The molecule has 2 heterocycles. The smallest absolute Gasteiger partial charge is 0.229 e. The van der Waals surface area contributed by atoms with E-state index in [1.165, 1.54) is 25.7 Å². The molecule has 0 spiro atoms. The Morgan fingerprint density at radius 2 is 1.35 bits per heavy atom. The van der Waals surface area contributed by atoms with Gasteiger partial charge in [0.15, 0.2) is 0 Å². The number of nitrogens with two attached hydrogens (primary N) is 1. The van der Waals surface area contributed by atoms with E-state index in [2.05, 4.69) is 67.7 Å². The molecule has 2 fully saturated rings. The van der Waals surface area contributed by atoms with Crippen LogP contribution in [0.4, 0.5) is 29.0 Å². The summed E-state index contributed by atoms with van der Waals surface area (Å²) >= 11 is 12.4. The van der Waals surface area contributed by atoms with E-state index in [4.69, 9.17) is 22.4 Å². The summed E-state index contributed by atoms with van der Waals surface area (Å²) < 4.78 is 1.72. The minimum atomic E-state index is -0.496. The van der Waals surface area contributed by atoms with E-state index in [-0.39, 0.29) is 5.28 Å². The van der Waals surface area contributed by atoms with Gasteiger partial charge in [-0.25, -0.2) is 9.97 Å². The molecule has 2 aliphatic carbocycles. The SMILES string of the molecule is CC(O)c1cccc(N)c1.CC(O)c1cccc(Nc2ncc(Br)c(NC3CC3)n2)c1.Clc1ncc(Br)c(NC2CC2)n1. The Labute approximate surface area is 273 Å². The first-order chi connectivity index (χ1) is 20.6. The normalized spacial score (nSPS) is 15.1. The molecule has 0 radical (unpaired) electrons. The van der Waals surface area contributed by atoms with Gasteiger partial charge in [0.25, 0.3) is 0 Å². The number of aromatic nitrogens is 4. The molecule has 43 heavy (non-hydrogen) atoms. The third-order valence-corrected chi connectivity index (χ3v) is 7.66. The summed E-state index contributed by atoms with van der Waals surface area (Å²) in [6.45, 7) is 3.46. The lowest BCUT2D eigenvalue weighted by Crippen LogP contribution is -2.06. The molecule has 2 aromatic heterocycles. The molecule has 4 aromatic rings. The molecule has 2 unspecified atom stereocenters. The average molecular weight is 735 g/mol. The third-order valence-electron chi connectivity index (χ3n) is 6.31. The zero-order valence-electron chi connectivity index (χ0n) is 23.8. The number of aliphatic hydroxyl groups is 2. The van der Waals surface area contributed by atoms with Crippen LogP contribution < -0.4 is 21.7 Å². The summed E-state index contributed by atoms with van der Waals surface area (Å²) in [5, 5.41) is 28.8. The van der Waals surface area contributed by atoms with Gasteiger partial charge >= 0.3 is 0 Å². The van der Waals surface area contributed by atoms with Crippen LogP contribution in [0.25, 0.3) is 0 Å². The second-order valence-electron chi connectivity index (χ2n) is 10.3. The molecule has 0 bridgehead atoms. The fourth-order valence-corrected chi connectivity index (χ4v) is 4.39. The Kier molecular flexibility index (Phi) is 11.9. The van der Waals surface area contributed by atoms with Gasteiger partial charge in [-0.15, -0.1) is 0 Å². The highest BCUT2D eigenvalue weighted by Crippen LogP contribution is 2.30. The van der Waals surface area contributed by atoms with Gasteiger partial charge in [0.2, 0.25) is 11.2 Å². The minimum absolute atomic E-state index is 0.279. The first-order valence-corrected chi connectivity index (χ1v) is 15.9. The van der Waals surface area contributed by atoms with E-state index in [1.807, 2.05) is 36.4 Å². The van der Waals surface area contributed by atoms with Crippen molar-refractivity contribution in [3.63, 3.8) is 0 Å². The lowest BCUT2D eigenvalue weighted by Gasteiger charge is -2.11. The molecule has 228 valence electrons. The minimum Gasteiger partial charge on any atom is -0.399 e. The number of aliphatic hydroxyl groups excluding tert-OH is 2. The lowest BCUT2D eigenvalue weighted by molar-refractivity contribution is 0.199. The number of benzene rings is 2. The molecule has 2 saturated carbocycles. The maximum absolute atomic E-state index is 9.63. The molecular weight excluding hydrogens is 700 g/mol. The molecule has 2 atom stereocenters. The quantitative estimate of drug-likeness (QED) is 0.0798. The van der Waals surface area contributed by atoms with E-state index >= 15 is 0 Å². The van der Waals surface area contributed by atoms with Crippen LogP contribution in [0.3, 0.4) is 0 Å². The molecule has 7 N–H and O–H groups in total. The highest BCUT2D eigenvalue weighted by atomic mass is 79.9. The fourth-order valence-electron chi connectivity index (χ4n) is 3.64. The Morgan fingerprint density at radius 1 is 0.814 bits per heavy atom. The maximum Gasteiger partial charge on any atom is 0.229 e. The number of halogens is 3. The summed E-state index contributed by atoms with van der Waals surface area (Å²) in [6, 6.07) is 15.9. The maximum atomic E-state index is 9.63. The summed E-state index contributed by atoms with van der Waals surface area (Å²) in [6.07, 6.45) is 7.28. The van der Waals surface area contributed by atoms with Crippen LogP contribution in [0.15, 0.2) is 69.9 Å². The van der Waals surface area contributed by atoms with Crippen molar-refractivity contribution in [2.24, 2.45) is 0 Å². The Hall–Kier alpha value is -3.03. The van der Waals surface area contributed by atoms with Gasteiger partial charge in [0, 0.05) is 35.9 Å². The van der Waals surface area contributed by atoms with Crippen molar-refractivity contribution in [3.05, 3.63) is 86.3 Å². The molecule has 0 saturated heterocycles. The van der Waals surface area contributed by atoms with Crippen molar-refractivity contribution in [1.29, 1.82) is 0 Å². The molecule has 0 amide bonds. The van der Waals surface area contributed by atoms with Gasteiger partial charge < -0.3 is 31.9 Å². The average Bonchev–Trinajstić information content (AvgIpc) is 3.91. The molecule has 2 aliphatic rings. The van der Waals surface area contributed by atoms with Crippen LogP contribution in [0.1, 0.15) is 62.9 Å². The van der Waals surface area contributed by atoms with Gasteiger partial charge in [-0.2, -0.15) is 9.97 Å². The fraction of sp³-hybridized carbons (Fsp3) is 0.333. The summed E-state index contributed by atoms with van der Waals surface area (Å²) in [5.41, 5.74) is 8.75. The van der Waals surface area contributed by atoms with Crippen LogP contribution in [0.2, 0.25) is 5.28 Å². The van der Waals surface area contributed by atoms with Crippen molar-refractivity contribution in [1.82, 2.24) is 19.9 Å². The summed E-state index contributed by atoms with van der Waals surface area (Å²) in [5.74, 6) is 2.13. The summed E-state index contributed by atoms with van der Waals surface area (Å²) in [4.78, 5) is 16.6. The zero-order chi connectivity index (χ0) is 30.9. The largest absolute Gasteiger partial charge is 0.399 e. The van der Waals surface area contributed by atoms with Gasteiger partial charge in [0.1, 0.15) is 11.6 Å². The number of nitrogens with zero attached hydrogens (tertiary/aromatic N) is 4. The molecule has 10 nitrogen and oxygen atoms in total. The van der Waals surface area contributed by atoms with Gasteiger partial charge in [-0.05, 0) is 118 Å². The van der Waals surface area contributed by atoms with Crippen LogP contribution >= 0.6 is 43.5 Å². The van der Waals surface area contributed by atoms with Crippen LogP contribution in [-0.2, 0) is 0 Å². The van der Waals surface area contributed by atoms with E-state index < -0.39 is 12.2 Å². The van der Waals surface area contributed by atoms with E-state index in [9.17, 15) is 5.11 Å². The molecular formula is C30H35Br2ClN8O2. The predicted molar refractivity (Wildman–Crippen MR) is 180 cm³/mol. The highest BCUT2D eigenvalue weighted by molar-refractivity contribution is 9.11. The third kappa shape index (κ3) is 11.2. The number of anilines is 5. The van der Waals surface area contributed by atoms with Crippen molar-refractivity contribution >= 4 is 72.4 Å². The van der Waals surface area contributed by atoms with Crippen molar-refractivity contribution < 1.29 is 10.2 Å². The number of nitrogen functional groups attached to an aromatic ring is 1. The first-order valence-electron chi connectivity index (χ1n) is 13.9. The monoisotopic (exact) mass is 732 g/mol. The second kappa shape index (κ2) is 15.6. The first kappa shape index (κ1) is 32.9. The topological polar surface area (TPSA) is 154 Å².